The highest BCUT2D eigenvalue weighted by Crippen LogP contribution is 2.33. The third kappa shape index (κ3) is 3.47. The van der Waals surface area contributed by atoms with E-state index in [1.165, 1.54) is 27.7 Å². The molecule has 0 bridgehead atoms. The summed E-state index contributed by atoms with van der Waals surface area (Å²) in [4.78, 5) is 2.37. The van der Waals surface area contributed by atoms with Gasteiger partial charge in [-0.1, -0.05) is 23.8 Å². The number of aliphatic hydroxyl groups excluding tert-OH is 1. The number of hydrogen-bond acceptors (Lipinski definition) is 3. The van der Waals surface area contributed by atoms with Crippen LogP contribution in [0.3, 0.4) is 0 Å². The molecule has 1 aromatic heterocycles. The molecule has 0 fully saturated rings. The summed E-state index contributed by atoms with van der Waals surface area (Å²) in [5, 5.41) is 12.2. The first-order valence-corrected chi connectivity index (χ1v) is 9.76. The van der Waals surface area contributed by atoms with E-state index in [2.05, 4.69) is 41.6 Å². The van der Waals surface area contributed by atoms with E-state index in [-0.39, 0.29) is 0 Å². The highest BCUT2D eigenvalue weighted by Gasteiger charge is 2.23. The number of aliphatic hydroxyl groups is 1. The van der Waals surface area contributed by atoms with Crippen LogP contribution in [0.5, 0.6) is 5.75 Å². The summed E-state index contributed by atoms with van der Waals surface area (Å²) >= 11 is 0. The Balaban J connectivity index is 1.69. The van der Waals surface area contributed by atoms with Gasteiger partial charge in [0.2, 0.25) is 0 Å². The fraction of sp³-hybridized carbons (Fsp3) is 0.391. The van der Waals surface area contributed by atoms with Crippen LogP contribution in [-0.4, -0.2) is 34.8 Å². The van der Waals surface area contributed by atoms with E-state index in [4.69, 9.17) is 4.74 Å². The second kappa shape index (κ2) is 7.37. The molecule has 1 unspecified atom stereocenters. The van der Waals surface area contributed by atoms with Crippen molar-refractivity contribution in [3.63, 3.8) is 0 Å². The maximum Gasteiger partial charge on any atom is 0.119 e. The number of fused-ring (bicyclic) bond motifs is 3. The number of aromatic nitrogens is 1. The van der Waals surface area contributed by atoms with E-state index in [1.807, 2.05) is 31.2 Å². The Bertz CT molecular complexity index is 943. The standard InChI is InChI=1S/C23H28N2O2/c1-4-27-18-8-6-17(7-9-18)23(26)15-25-21-10-5-16(2)13-19(21)20-14-24(3)12-11-22(20)25/h5-10,13,23,26H,4,11-12,14-15H2,1-3H3. The molecule has 0 saturated heterocycles. The van der Waals surface area contributed by atoms with Crippen LogP contribution in [0.4, 0.5) is 0 Å². The Hall–Kier alpha value is -2.30. The van der Waals surface area contributed by atoms with E-state index in [0.717, 1.165) is 30.8 Å². The van der Waals surface area contributed by atoms with Crippen molar-refractivity contribution in [2.45, 2.75) is 39.5 Å². The molecule has 1 aliphatic rings. The lowest BCUT2D eigenvalue weighted by Gasteiger charge is -2.25. The van der Waals surface area contributed by atoms with Gasteiger partial charge in [0.25, 0.3) is 0 Å². The van der Waals surface area contributed by atoms with Crippen molar-refractivity contribution < 1.29 is 9.84 Å². The van der Waals surface area contributed by atoms with Gasteiger partial charge in [-0.2, -0.15) is 0 Å². The lowest BCUT2D eigenvalue weighted by molar-refractivity contribution is 0.156. The SMILES string of the molecule is CCOc1ccc(C(O)Cn2c3c(c4cc(C)ccc42)CN(C)CC3)cc1. The summed E-state index contributed by atoms with van der Waals surface area (Å²) in [5.41, 5.74) is 6.22. The minimum Gasteiger partial charge on any atom is -0.494 e. The number of nitrogens with zero attached hydrogens (tertiary/aromatic N) is 2. The molecule has 3 aromatic rings. The second-order valence-corrected chi connectivity index (χ2v) is 7.56. The van der Waals surface area contributed by atoms with Crippen LogP contribution in [0, 0.1) is 6.92 Å². The van der Waals surface area contributed by atoms with Gasteiger partial charge in [0, 0.05) is 36.1 Å². The fourth-order valence-electron chi connectivity index (χ4n) is 4.14. The van der Waals surface area contributed by atoms with E-state index in [1.54, 1.807) is 0 Å². The molecule has 4 rings (SSSR count). The van der Waals surface area contributed by atoms with E-state index < -0.39 is 6.10 Å². The minimum atomic E-state index is -0.540. The summed E-state index contributed by atoms with van der Waals surface area (Å²) in [6, 6.07) is 14.4. The van der Waals surface area contributed by atoms with Crippen molar-refractivity contribution in [1.82, 2.24) is 9.47 Å². The van der Waals surface area contributed by atoms with Crippen LogP contribution < -0.4 is 4.74 Å². The van der Waals surface area contributed by atoms with Gasteiger partial charge in [0.1, 0.15) is 5.75 Å². The van der Waals surface area contributed by atoms with Gasteiger partial charge in [0.15, 0.2) is 0 Å². The number of ether oxygens (including phenoxy) is 1. The number of aryl methyl sites for hydroxylation is 1. The topological polar surface area (TPSA) is 37.6 Å². The van der Waals surface area contributed by atoms with Crippen molar-refractivity contribution in [3.8, 4) is 5.75 Å². The van der Waals surface area contributed by atoms with Crippen LogP contribution in [-0.2, 0) is 19.5 Å². The Morgan fingerprint density at radius 2 is 1.93 bits per heavy atom. The van der Waals surface area contributed by atoms with Crippen molar-refractivity contribution in [2.24, 2.45) is 0 Å². The van der Waals surface area contributed by atoms with Gasteiger partial charge in [-0.05, 0) is 56.3 Å². The molecule has 1 atom stereocenters. The molecule has 1 aliphatic heterocycles. The molecule has 2 aromatic carbocycles. The second-order valence-electron chi connectivity index (χ2n) is 7.56. The van der Waals surface area contributed by atoms with Gasteiger partial charge in [-0.15, -0.1) is 0 Å². The highest BCUT2D eigenvalue weighted by molar-refractivity contribution is 5.86. The Kier molecular flexibility index (Phi) is 4.94. The normalized spacial score (nSPS) is 15.7. The van der Waals surface area contributed by atoms with Crippen LogP contribution in [0.15, 0.2) is 42.5 Å². The molecular weight excluding hydrogens is 336 g/mol. The van der Waals surface area contributed by atoms with Gasteiger partial charge >= 0.3 is 0 Å². The lowest BCUT2D eigenvalue weighted by atomic mass is 10.0. The number of likely N-dealkylation sites (N-methyl/N-ethyl adjacent to an activating group) is 1. The maximum atomic E-state index is 10.9. The number of hydrogen-bond donors (Lipinski definition) is 1. The largest absolute Gasteiger partial charge is 0.494 e. The summed E-state index contributed by atoms with van der Waals surface area (Å²) in [5.74, 6) is 0.843. The Morgan fingerprint density at radius 3 is 2.67 bits per heavy atom. The smallest absolute Gasteiger partial charge is 0.119 e. The van der Waals surface area contributed by atoms with Crippen LogP contribution >= 0.6 is 0 Å². The molecule has 0 spiro atoms. The van der Waals surface area contributed by atoms with Crippen LogP contribution in [0.25, 0.3) is 10.9 Å². The first kappa shape index (κ1) is 18.1. The Labute approximate surface area is 161 Å². The average Bonchev–Trinajstić information content (AvgIpc) is 2.95. The molecule has 142 valence electrons. The lowest BCUT2D eigenvalue weighted by Crippen LogP contribution is -2.27. The van der Waals surface area contributed by atoms with Gasteiger partial charge in [0.05, 0.1) is 19.3 Å². The summed E-state index contributed by atoms with van der Waals surface area (Å²) < 4.78 is 7.84. The van der Waals surface area contributed by atoms with Gasteiger partial charge in [-0.3, -0.25) is 0 Å². The molecule has 0 aliphatic carbocycles. The Morgan fingerprint density at radius 1 is 1.15 bits per heavy atom. The zero-order valence-electron chi connectivity index (χ0n) is 16.4. The first-order valence-electron chi connectivity index (χ1n) is 9.76. The molecule has 1 N–H and O–H groups in total. The first-order chi connectivity index (χ1) is 13.1. The van der Waals surface area contributed by atoms with E-state index in [9.17, 15) is 5.11 Å². The van der Waals surface area contributed by atoms with Gasteiger partial charge < -0.3 is 19.3 Å². The third-order valence-corrected chi connectivity index (χ3v) is 5.53. The summed E-state index contributed by atoms with van der Waals surface area (Å²) in [7, 11) is 2.18. The highest BCUT2D eigenvalue weighted by atomic mass is 16.5. The van der Waals surface area contributed by atoms with Crippen molar-refractivity contribution in [3.05, 3.63) is 64.8 Å². The zero-order chi connectivity index (χ0) is 19.0. The van der Waals surface area contributed by atoms with Crippen LogP contribution in [0.2, 0.25) is 0 Å². The summed E-state index contributed by atoms with van der Waals surface area (Å²) in [6.45, 7) is 7.37. The third-order valence-electron chi connectivity index (χ3n) is 5.53. The molecular formula is C23H28N2O2. The number of benzene rings is 2. The number of rotatable bonds is 5. The maximum absolute atomic E-state index is 10.9. The quantitative estimate of drug-likeness (QED) is 0.742. The molecule has 2 heterocycles. The summed E-state index contributed by atoms with van der Waals surface area (Å²) in [6.07, 6.45) is 0.483. The van der Waals surface area contributed by atoms with Gasteiger partial charge in [-0.25, -0.2) is 0 Å². The predicted octanol–water partition coefficient (Wildman–Crippen LogP) is 4.07. The van der Waals surface area contributed by atoms with E-state index >= 15 is 0 Å². The average molecular weight is 364 g/mol. The van der Waals surface area contributed by atoms with Crippen LogP contribution in [0.1, 0.15) is 35.4 Å². The zero-order valence-corrected chi connectivity index (χ0v) is 16.4. The van der Waals surface area contributed by atoms with E-state index in [0.29, 0.717) is 13.2 Å². The fourth-order valence-corrected chi connectivity index (χ4v) is 4.14. The molecule has 0 saturated carbocycles. The molecule has 0 radical (unpaired) electrons. The monoisotopic (exact) mass is 364 g/mol. The molecule has 4 nitrogen and oxygen atoms in total. The predicted molar refractivity (Wildman–Crippen MR) is 109 cm³/mol. The molecule has 0 amide bonds. The van der Waals surface area contributed by atoms with Crippen molar-refractivity contribution in [2.75, 3.05) is 20.2 Å². The minimum absolute atomic E-state index is 0.540. The van der Waals surface area contributed by atoms with Crippen molar-refractivity contribution in [1.29, 1.82) is 0 Å². The molecule has 4 heteroatoms. The van der Waals surface area contributed by atoms with Crippen molar-refractivity contribution >= 4 is 10.9 Å². The molecule has 27 heavy (non-hydrogen) atoms.